The van der Waals surface area contributed by atoms with Gasteiger partial charge in [-0.25, -0.2) is 0 Å². The third-order valence-electron chi connectivity index (χ3n) is 3.55. The van der Waals surface area contributed by atoms with Gasteiger partial charge in [0.25, 0.3) is 0 Å². The smallest absolute Gasteiger partial charge is 0.0962 e. The van der Waals surface area contributed by atoms with Gasteiger partial charge in [-0.2, -0.15) is 5.26 Å². The summed E-state index contributed by atoms with van der Waals surface area (Å²) in [5, 5.41) is 11.9. The molecule has 92 valence electrons. The topological polar surface area (TPSA) is 42.3 Å². The monoisotopic (exact) mass is 224 g/mol. The fourth-order valence-electron chi connectivity index (χ4n) is 2.49. The Kier molecular flexibility index (Phi) is 5.20. The first kappa shape index (κ1) is 13.4. The predicted molar refractivity (Wildman–Crippen MR) is 66.2 cm³/mol. The second-order valence-corrected chi connectivity index (χ2v) is 5.03. The minimum Gasteiger partial charge on any atom is -0.305 e. The first-order valence-corrected chi connectivity index (χ1v) is 6.04. The summed E-state index contributed by atoms with van der Waals surface area (Å²) >= 11 is 0. The van der Waals surface area contributed by atoms with Gasteiger partial charge in [0.2, 0.25) is 0 Å². The Bertz CT molecular complexity index is 246. The predicted octanol–water partition coefficient (Wildman–Crippen LogP) is 0.370. The number of nitrogens with one attached hydrogen (secondary N) is 1. The van der Waals surface area contributed by atoms with E-state index in [1.165, 1.54) is 0 Å². The molecule has 0 aromatic rings. The van der Waals surface area contributed by atoms with Crippen LogP contribution in [0.4, 0.5) is 0 Å². The van der Waals surface area contributed by atoms with Crippen molar-refractivity contribution in [3.8, 4) is 6.07 Å². The average Bonchev–Trinajstić information content (AvgIpc) is 2.61. The molecule has 16 heavy (non-hydrogen) atoms. The van der Waals surface area contributed by atoms with Crippen LogP contribution in [0, 0.1) is 17.2 Å². The molecule has 3 unspecified atom stereocenters. The molecule has 1 N–H and O–H groups in total. The molecule has 4 heteroatoms. The summed E-state index contributed by atoms with van der Waals surface area (Å²) in [6.45, 7) is 5.62. The third-order valence-corrected chi connectivity index (χ3v) is 3.55. The van der Waals surface area contributed by atoms with Gasteiger partial charge in [0.15, 0.2) is 0 Å². The number of likely N-dealkylation sites (tertiary alicyclic amines) is 1. The van der Waals surface area contributed by atoms with Gasteiger partial charge in [-0.1, -0.05) is 6.92 Å². The minimum atomic E-state index is -0.00582. The molecule has 4 nitrogen and oxygen atoms in total. The van der Waals surface area contributed by atoms with Crippen molar-refractivity contribution in [1.82, 2.24) is 15.1 Å². The summed E-state index contributed by atoms with van der Waals surface area (Å²) in [5.74, 6) is 0.727. The van der Waals surface area contributed by atoms with Gasteiger partial charge >= 0.3 is 0 Å². The zero-order valence-corrected chi connectivity index (χ0v) is 10.9. The SMILES string of the molecule is CNC(C#N)CCN1CC(C)C(N(C)C)C1. The Hall–Kier alpha value is -0.630. The molecular formula is C12H24N4. The quantitative estimate of drug-likeness (QED) is 0.733. The summed E-state index contributed by atoms with van der Waals surface area (Å²) in [6, 6.07) is 2.93. The van der Waals surface area contributed by atoms with Crippen LogP contribution in [-0.2, 0) is 0 Å². The van der Waals surface area contributed by atoms with Crippen LogP contribution in [0.3, 0.4) is 0 Å². The fraction of sp³-hybridized carbons (Fsp3) is 0.917. The molecule has 1 aliphatic rings. The summed E-state index contributed by atoms with van der Waals surface area (Å²) < 4.78 is 0. The molecule has 1 rings (SSSR count). The summed E-state index contributed by atoms with van der Waals surface area (Å²) in [5.41, 5.74) is 0. The highest BCUT2D eigenvalue weighted by Crippen LogP contribution is 2.20. The lowest BCUT2D eigenvalue weighted by atomic mass is 10.1. The lowest BCUT2D eigenvalue weighted by molar-refractivity contribution is 0.250. The van der Waals surface area contributed by atoms with E-state index in [2.05, 4.69) is 42.2 Å². The number of hydrogen-bond acceptors (Lipinski definition) is 4. The fourth-order valence-corrected chi connectivity index (χ4v) is 2.49. The van der Waals surface area contributed by atoms with E-state index in [-0.39, 0.29) is 6.04 Å². The van der Waals surface area contributed by atoms with Crippen molar-refractivity contribution in [1.29, 1.82) is 5.26 Å². The lowest BCUT2D eigenvalue weighted by Gasteiger charge is -2.22. The number of nitriles is 1. The molecule has 0 aromatic carbocycles. The number of nitrogens with zero attached hydrogens (tertiary/aromatic N) is 3. The Balaban J connectivity index is 2.33. The van der Waals surface area contributed by atoms with Gasteiger partial charge in [0.1, 0.15) is 0 Å². The number of likely N-dealkylation sites (N-methyl/N-ethyl adjacent to an activating group) is 1. The van der Waals surface area contributed by atoms with Crippen LogP contribution in [0.15, 0.2) is 0 Å². The molecule has 0 radical (unpaired) electrons. The Morgan fingerprint density at radius 2 is 2.19 bits per heavy atom. The Morgan fingerprint density at radius 3 is 2.62 bits per heavy atom. The van der Waals surface area contributed by atoms with Crippen LogP contribution in [0.1, 0.15) is 13.3 Å². The van der Waals surface area contributed by atoms with Crippen LogP contribution in [0.2, 0.25) is 0 Å². The molecule has 0 aliphatic carbocycles. The van der Waals surface area contributed by atoms with E-state index in [9.17, 15) is 0 Å². The van der Waals surface area contributed by atoms with Gasteiger partial charge < -0.3 is 15.1 Å². The third kappa shape index (κ3) is 3.44. The largest absolute Gasteiger partial charge is 0.305 e. The van der Waals surface area contributed by atoms with E-state index in [0.29, 0.717) is 6.04 Å². The second-order valence-electron chi connectivity index (χ2n) is 5.03. The average molecular weight is 224 g/mol. The van der Waals surface area contributed by atoms with Crippen molar-refractivity contribution in [2.24, 2.45) is 5.92 Å². The van der Waals surface area contributed by atoms with Crippen molar-refractivity contribution < 1.29 is 0 Å². The summed E-state index contributed by atoms with van der Waals surface area (Å²) in [4.78, 5) is 4.78. The maximum Gasteiger partial charge on any atom is 0.0962 e. The van der Waals surface area contributed by atoms with Crippen molar-refractivity contribution in [2.45, 2.75) is 25.4 Å². The molecule has 1 fully saturated rings. The normalized spacial score (nSPS) is 28.2. The molecule has 0 amide bonds. The Labute approximate surface area is 99.2 Å². The molecule has 0 spiro atoms. The van der Waals surface area contributed by atoms with Gasteiger partial charge in [-0.3, -0.25) is 0 Å². The van der Waals surface area contributed by atoms with Crippen molar-refractivity contribution in [3.63, 3.8) is 0 Å². The van der Waals surface area contributed by atoms with Crippen molar-refractivity contribution in [3.05, 3.63) is 0 Å². The van der Waals surface area contributed by atoms with Crippen molar-refractivity contribution in [2.75, 3.05) is 40.8 Å². The van der Waals surface area contributed by atoms with Gasteiger partial charge in [-0.15, -0.1) is 0 Å². The van der Waals surface area contributed by atoms with Gasteiger partial charge in [0.05, 0.1) is 12.1 Å². The molecule has 0 bridgehead atoms. The van der Waals surface area contributed by atoms with Crippen LogP contribution in [0.25, 0.3) is 0 Å². The van der Waals surface area contributed by atoms with Crippen LogP contribution < -0.4 is 5.32 Å². The first-order chi connectivity index (χ1) is 7.58. The summed E-state index contributed by atoms with van der Waals surface area (Å²) in [7, 11) is 6.15. The highest BCUT2D eigenvalue weighted by atomic mass is 15.2. The van der Waals surface area contributed by atoms with E-state index in [1.807, 2.05) is 7.05 Å². The maximum atomic E-state index is 8.85. The maximum absolute atomic E-state index is 8.85. The molecule has 3 atom stereocenters. The standard InChI is InChI=1S/C12H24N4/c1-10-8-16(9-12(10)15(3)4)6-5-11(7-13)14-2/h10-12,14H,5-6,8-9H2,1-4H3. The molecular weight excluding hydrogens is 200 g/mol. The zero-order chi connectivity index (χ0) is 12.1. The highest BCUT2D eigenvalue weighted by molar-refractivity contribution is 4.91. The molecule has 1 saturated heterocycles. The zero-order valence-electron chi connectivity index (χ0n) is 10.9. The molecule has 1 aliphatic heterocycles. The van der Waals surface area contributed by atoms with E-state index >= 15 is 0 Å². The van der Waals surface area contributed by atoms with Crippen molar-refractivity contribution >= 4 is 0 Å². The van der Waals surface area contributed by atoms with Crippen LogP contribution >= 0.6 is 0 Å². The van der Waals surface area contributed by atoms with E-state index < -0.39 is 0 Å². The van der Waals surface area contributed by atoms with Crippen LogP contribution in [0.5, 0.6) is 0 Å². The Morgan fingerprint density at radius 1 is 1.50 bits per heavy atom. The first-order valence-electron chi connectivity index (χ1n) is 6.04. The van der Waals surface area contributed by atoms with E-state index in [0.717, 1.165) is 32.0 Å². The van der Waals surface area contributed by atoms with Gasteiger partial charge in [-0.05, 0) is 33.5 Å². The molecule has 1 heterocycles. The van der Waals surface area contributed by atoms with E-state index in [4.69, 9.17) is 5.26 Å². The minimum absolute atomic E-state index is 0.00582. The number of rotatable bonds is 5. The van der Waals surface area contributed by atoms with Gasteiger partial charge in [0, 0.05) is 25.7 Å². The number of hydrogen-bond donors (Lipinski definition) is 1. The van der Waals surface area contributed by atoms with Crippen LogP contribution in [-0.4, -0.2) is 62.7 Å². The lowest BCUT2D eigenvalue weighted by Crippen LogP contribution is -2.35. The molecule has 0 saturated carbocycles. The second kappa shape index (κ2) is 6.19. The summed E-state index contributed by atoms with van der Waals surface area (Å²) in [6.07, 6.45) is 0.917. The highest BCUT2D eigenvalue weighted by Gasteiger charge is 2.30. The van der Waals surface area contributed by atoms with E-state index in [1.54, 1.807) is 0 Å². The molecule has 0 aromatic heterocycles.